The Kier molecular flexibility index (Phi) is 5.05. The maximum atomic E-state index is 12.3. The van der Waals surface area contributed by atoms with Crippen LogP contribution in [0.2, 0.25) is 0 Å². The van der Waals surface area contributed by atoms with Crippen molar-refractivity contribution in [3.63, 3.8) is 0 Å². The van der Waals surface area contributed by atoms with Gasteiger partial charge in [0, 0.05) is 31.6 Å². The molecule has 0 bridgehead atoms. The molecule has 7 nitrogen and oxygen atoms in total. The van der Waals surface area contributed by atoms with Gasteiger partial charge in [-0.25, -0.2) is 4.72 Å². The van der Waals surface area contributed by atoms with Crippen molar-refractivity contribution >= 4 is 10.2 Å². The van der Waals surface area contributed by atoms with Crippen molar-refractivity contribution in [2.75, 3.05) is 46.6 Å². The van der Waals surface area contributed by atoms with Crippen molar-refractivity contribution in [1.82, 2.24) is 9.03 Å². The third-order valence-corrected chi connectivity index (χ3v) is 5.70. The fraction of sp³-hybridized carbons (Fsp3) is 0.600. The average molecular weight is 342 g/mol. The van der Waals surface area contributed by atoms with E-state index in [4.69, 9.17) is 14.2 Å². The number of hydrogen-bond acceptors (Lipinski definition) is 5. The molecule has 0 aliphatic carbocycles. The quantitative estimate of drug-likeness (QED) is 0.839. The number of hydrogen-bond donors (Lipinski definition) is 1. The van der Waals surface area contributed by atoms with Crippen molar-refractivity contribution in [2.45, 2.75) is 6.42 Å². The lowest BCUT2D eigenvalue weighted by Gasteiger charge is -2.29. The van der Waals surface area contributed by atoms with E-state index in [0.29, 0.717) is 39.5 Å². The molecule has 0 unspecified atom stereocenters. The highest BCUT2D eigenvalue weighted by Gasteiger charge is 2.26. The van der Waals surface area contributed by atoms with E-state index >= 15 is 0 Å². The molecule has 1 aromatic carbocycles. The molecule has 0 aromatic heterocycles. The lowest BCUT2D eigenvalue weighted by Crippen LogP contribution is -2.48. The Balaban J connectivity index is 1.57. The second kappa shape index (κ2) is 7.04. The Labute approximate surface area is 136 Å². The van der Waals surface area contributed by atoms with E-state index in [1.807, 2.05) is 18.2 Å². The van der Waals surface area contributed by atoms with Crippen LogP contribution in [0.4, 0.5) is 0 Å². The van der Waals surface area contributed by atoms with Crippen molar-refractivity contribution < 1.29 is 22.6 Å². The number of methoxy groups -OCH3 is 1. The summed E-state index contributed by atoms with van der Waals surface area (Å²) in [6, 6.07) is 5.72. The van der Waals surface area contributed by atoms with Gasteiger partial charge in [0.2, 0.25) is 0 Å². The predicted octanol–water partition coefficient (Wildman–Crippen LogP) is 0.413. The third-order valence-electron chi connectivity index (χ3n) is 4.12. The molecule has 0 radical (unpaired) electrons. The highest BCUT2D eigenvalue weighted by atomic mass is 32.2. The van der Waals surface area contributed by atoms with Gasteiger partial charge in [0.05, 0.1) is 26.9 Å². The second-order valence-corrected chi connectivity index (χ2v) is 7.47. The molecule has 23 heavy (non-hydrogen) atoms. The molecule has 1 aromatic rings. The Hall–Kier alpha value is -1.35. The summed E-state index contributed by atoms with van der Waals surface area (Å²) >= 11 is 0. The standard InChI is InChI=1S/C15H22N2O5S/c1-20-14-3-2-13-8-12(11-22-15(13)9-14)10-16-23(18,19)17-4-6-21-7-5-17/h2-3,9,12,16H,4-8,10-11H2,1H3/t12-/m0/s1. The zero-order valence-electron chi connectivity index (χ0n) is 13.2. The van der Waals surface area contributed by atoms with E-state index in [2.05, 4.69) is 4.72 Å². The molecule has 2 aliphatic rings. The van der Waals surface area contributed by atoms with Gasteiger partial charge in [-0.15, -0.1) is 0 Å². The molecule has 0 saturated carbocycles. The molecule has 2 aliphatic heterocycles. The van der Waals surface area contributed by atoms with Gasteiger partial charge in [0.1, 0.15) is 11.5 Å². The largest absolute Gasteiger partial charge is 0.497 e. The first kappa shape index (κ1) is 16.5. The lowest BCUT2D eigenvalue weighted by molar-refractivity contribution is 0.0723. The summed E-state index contributed by atoms with van der Waals surface area (Å²) < 4.78 is 44.7. The summed E-state index contributed by atoms with van der Waals surface area (Å²) in [5.74, 6) is 1.69. The van der Waals surface area contributed by atoms with E-state index in [1.54, 1.807) is 7.11 Å². The molecule has 0 amide bonds. The van der Waals surface area contributed by atoms with Gasteiger partial charge in [-0.1, -0.05) is 6.07 Å². The van der Waals surface area contributed by atoms with Crippen molar-refractivity contribution in [3.8, 4) is 11.5 Å². The monoisotopic (exact) mass is 342 g/mol. The fourth-order valence-corrected chi connectivity index (χ4v) is 4.03. The van der Waals surface area contributed by atoms with Crippen LogP contribution in [0.3, 0.4) is 0 Å². The summed E-state index contributed by atoms with van der Waals surface area (Å²) in [5.41, 5.74) is 1.08. The van der Waals surface area contributed by atoms with Crippen LogP contribution < -0.4 is 14.2 Å². The van der Waals surface area contributed by atoms with Gasteiger partial charge in [-0.05, 0) is 18.1 Å². The van der Waals surface area contributed by atoms with E-state index in [1.165, 1.54) is 4.31 Å². The summed E-state index contributed by atoms with van der Waals surface area (Å²) in [6.45, 7) is 2.56. The molecule has 1 saturated heterocycles. The number of nitrogens with zero attached hydrogens (tertiary/aromatic N) is 1. The minimum atomic E-state index is -3.44. The van der Waals surface area contributed by atoms with Crippen molar-refractivity contribution in [1.29, 1.82) is 0 Å². The maximum absolute atomic E-state index is 12.3. The molecule has 1 N–H and O–H groups in total. The zero-order valence-corrected chi connectivity index (χ0v) is 14.0. The van der Waals surface area contributed by atoms with Crippen LogP contribution in [0.5, 0.6) is 11.5 Å². The Bertz CT molecular complexity index is 643. The van der Waals surface area contributed by atoms with Gasteiger partial charge >= 0.3 is 0 Å². The normalized spacial score (nSPS) is 22.2. The highest BCUT2D eigenvalue weighted by Crippen LogP contribution is 2.30. The smallest absolute Gasteiger partial charge is 0.279 e. The van der Waals surface area contributed by atoms with Gasteiger partial charge < -0.3 is 14.2 Å². The van der Waals surface area contributed by atoms with Crippen LogP contribution in [0, 0.1) is 5.92 Å². The first-order chi connectivity index (χ1) is 11.1. The van der Waals surface area contributed by atoms with E-state index in [9.17, 15) is 8.42 Å². The topological polar surface area (TPSA) is 77.1 Å². The summed E-state index contributed by atoms with van der Waals surface area (Å²) in [6.07, 6.45) is 0.783. The lowest BCUT2D eigenvalue weighted by atomic mass is 9.97. The van der Waals surface area contributed by atoms with E-state index in [0.717, 1.165) is 23.5 Å². The number of benzene rings is 1. The minimum absolute atomic E-state index is 0.117. The summed E-state index contributed by atoms with van der Waals surface area (Å²) in [7, 11) is -1.82. The van der Waals surface area contributed by atoms with Gasteiger partial charge in [0.25, 0.3) is 10.2 Å². The first-order valence-corrected chi connectivity index (χ1v) is 9.14. The second-order valence-electron chi connectivity index (χ2n) is 5.72. The molecule has 8 heteroatoms. The number of nitrogens with one attached hydrogen (secondary N) is 1. The van der Waals surface area contributed by atoms with Crippen LogP contribution in [0.1, 0.15) is 5.56 Å². The molecule has 2 heterocycles. The van der Waals surface area contributed by atoms with Gasteiger partial charge in [-0.3, -0.25) is 0 Å². The van der Waals surface area contributed by atoms with Crippen LogP contribution in [-0.4, -0.2) is 59.3 Å². The average Bonchev–Trinajstić information content (AvgIpc) is 2.60. The fourth-order valence-electron chi connectivity index (χ4n) is 2.77. The highest BCUT2D eigenvalue weighted by molar-refractivity contribution is 7.87. The number of rotatable bonds is 5. The Morgan fingerprint density at radius 2 is 2.13 bits per heavy atom. The molecular weight excluding hydrogens is 320 g/mol. The molecule has 128 valence electrons. The minimum Gasteiger partial charge on any atom is -0.497 e. The Morgan fingerprint density at radius 1 is 1.35 bits per heavy atom. The van der Waals surface area contributed by atoms with Gasteiger partial charge in [0.15, 0.2) is 0 Å². The first-order valence-electron chi connectivity index (χ1n) is 7.70. The molecular formula is C15H22N2O5S. The molecule has 1 atom stereocenters. The zero-order chi connectivity index (χ0) is 16.3. The van der Waals surface area contributed by atoms with Crippen LogP contribution in [0.25, 0.3) is 0 Å². The summed E-state index contributed by atoms with van der Waals surface area (Å²) in [4.78, 5) is 0. The molecule has 0 spiro atoms. The molecule has 1 fully saturated rings. The van der Waals surface area contributed by atoms with E-state index < -0.39 is 10.2 Å². The number of ether oxygens (including phenoxy) is 3. The van der Waals surface area contributed by atoms with Gasteiger partial charge in [-0.2, -0.15) is 12.7 Å². The van der Waals surface area contributed by atoms with Crippen LogP contribution >= 0.6 is 0 Å². The predicted molar refractivity (Wildman–Crippen MR) is 85.0 cm³/mol. The van der Waals surface area contributed by atoms with E-state index in [-0.39, 0.29) is 5.92 Å². The molecule has 3 rings (SSSR count). The number of fused-ring (bicyclic) bond motifs is 1. The Morgan fingerprint density at radius 3 is 2.87 bits per heavy atom. The van der Waals surface area contributed by atoms with Crippen LogP contribution in [-0.2, 0) is 21.4 Å². The van der Waals surface area contributed by atoms with Crippen molar-refractivity contribution in [3.05, 3.63) is 23.8 Å². The van der Waals surface area contributed by atoms with Crippen molar-refractivity contribution in [2.24, 2.45) is 5.92 Å². The van der Waals surface area contributed by atoms with Crippen LogP contribution in [0.15, 0.2) is 18.2 Å². The number of morpholine rings is 1. The summed E-state index contributed by atoms with van der Waals surface area (Å²) in [5, 5.41) is 0. The SMILES string of the molecule is COc1ccc2c(c1)OC[C@H](CNS(=O)(=O)N1CCOCC1)C2. The maximum Gasteiger partial charge on any atom is 0.279 e. The third kappa shape index (κ3) is 3.95.